The average Bonchev–Trinajstić information content (AvgIpc) is 2.34. The highest BCUT2D eigenvalue weighted by Gasteiger charge is 2.13. The van der Waals surface area contributed by atoms with Crippen molar-refractivity contribution in [2.75, 3.05) is 5.32 Å². The molecule has 3 N–H and O–H groups in total. The van der Waals surface area contributed by atoms with E-state index >= 15 is 0 Å². The number of halogens is 2. The van der Waals surface area contributed by atoms with Crippen LogP contribution in [0.3, 0.4) is 0 Å². The molecule has 98 valence electrons. The SMILES string of the molecule is O=C(Nc1cccc(Cl)c1Cl)c1c[nH]c(=O)[nH]c1=O. The van der Waals surface area contributed by atoms with Crippen molar-refractivity contribution in [3.63, 3.8) is 0 Å². The molecule has 6 nitrogen and oxygen atoms in total. The van der Waals surface area contributed by atoms with Crippen LogP contribution in [-0.2, 0) is 0 Å². The van der Waals surface area contributed by atoms with E-state index in [1.54, 1.807) is 12.1 Å². The smallest absolute Gasteiger partial charge is 0.320 e. The van der Waals surface area contributed by atoms with E-state index in [1.165, 1.54) is 6.07 Å². The fraction of sp³-hybridized carbons (Fsp3) is 0. The first-order valence-corrected chi connectivity index (χ1v) is 5.82. The van der Waals surface area contributed by atoms with Gasteiger partial charge >= 0.3 is 5.69 Å². The Balaban J connectivity index is 2.34. The van der Waals surface area contributed by atoms with Crippen molar-refractivity contribution in [1.29, 1.82) is 0 Å². The van der Waals surface area contributed by atoms with Crippen LogP contribution in [0, 0.1) is 0 Å². The van der Waals surface area contributed by atoms with Crippen molar-refractivity contribution in [2.45, 2.75) is 0 Å². The van der Waals surface area contributed by atoms with Crippen LogP contribution >= 0.6 is 23.2 Å². The normalized spacial score (nSPS) is 10.2. The van der Waals surface area contributed by atoms with Crippen molar-refractivity contribution in [3.05, 3.63) is 60.8 Å². The number of hydrogen-bond donors (Lipinski definition) is 3. The molecule has 1 amide bonds. The molecule has 0 unspecified atom stereocenters. The maximum Gasteiger partial charge on any atom is 0.325 e. The van der Waals surface area contributed by atoms with Gasteiger partial charge in [0.05, 0.1) is 15.7 Å². The lowest BCUT2D eigenvalue weighted by molar-refractivity contribution is 0.102. The third-order valence-corrected chi connectivity index (χ3v) is 3.08. The molecule has 1 aromatic carbocycles. The van der Waals surface area contributed by atoms with Gasteiger partial charge in [0.15, 0.2) is 0 Å². The van der Waals surface area contributed by atoms with Crippen molar-refractivity contribution >= 4 is 34.8 Å². The standard InChI is InChI=1S/C11H7Cl2N3O3/c12-6-2-1-3-7(8(6)13)15-9(17)5-4-14-11(19)16-10(5)18/h1-4H,(H,15,17)(H2,14,16,18,19). The second-order valence-corrected chi connectivity index (χ2v) is 4.33. The van der Waals surface area contributed by atoms with E-state index < -0.39 is 17.2 Å². The van der Waals surface area contributed by atoms with Gasteiger partial charge < -0.3 is 10.3 Å². The molecule has 8 heteroatoms. The summed E-state index contributed by atoms with van der Waals surface area (Å²) in [5, 5.41) is 2.87. The summed E-state index contributed by atoms with van der Waals surface area (Å²) in [6.07, 6.45) is 1.02. The largest absolute Gasteiger partial charge is 0.325 e. The van der Waals surface area contributed by atoms with Gasteiger partial charge in [0.2, 0.25) is 0 Å². The average molecular weight is 300 g/mol. The van der Waals surface area contributed by atoms with Crippen LogP contribution in [0.2, 0.25) is 10.0 Å². The zero-order chi connectivity index (χ0) is 14.0. The Morgan fingerprint density at radius 3 is 2.63 bits per heavy atom. The summed E-state index contributed by atoms with van der Waals surface area (Å²) in [6, 6.07) is 4.69. The molecule has 2 rings (SSSR count). The number of nitrogens with one attached hydrogen (secondary N) is 3. The number of carbonyl (C=O) groups excluding carboxylic acids is 1. The van der Waals surface area contributed by atoms with Crippen LogP contribution in [0.5, 0.6) is 0 Å². The monoisotopic (exact) mass is 299 g/mol. The Kier molecular flexibility index (Phi) is 3.73. The Morgan fingerprint density at radius 1 is 1.21 bits per heavy atom. The summed E-state index contributed by atoms with van der Waals surface area (Å²) in [4.78, 5) is 38.3. The molecule has 0 aliphatic rings. The molecule has 1 heterocycles. The highest BCUT2D eigenvalue weighted by molar-refractivity contribution is 6.44. The van der Waals surface area contributed by atoms with E-state index in [1.807, 2.05) is 4.98 Å². The number of aromatic nitrogens is 2. The fourth-order valence-corrected chi connectivity index (χ4v) is 1.72. The lowest BCUT2D eigenvalue weighted by atomic mass is 10.2. The minimum atomic E-state index is -0.792. The topological polar surface area (TPSA) is 94.8 Å². The Labute approximate surface area is 116 Å². The van der Waals surface area contributed by atoms with Gasteiger partial charge in [0, 0.05) is 6.20 Å². The van der Waals surface area contributed by atoms with Gasteiger partial charge in [0.1, 0.15) is 5.56 Å². The van der Waals surface area contributed by atoms with Gasteiger partial charge in [-0.25, -0.2) is 4.79 Å². The Hall–Kier alpha value is -2.05. The highest BCUT2D eigenvalue weighted by Crippen LogP contribution is 2.29. The molecule has 0 saturated carbocycles. The molecule has 1 aromatic heterocycles. The van der Waals surface area contributed by atoms with E-state index in [2.05, 4.69) is 10.3 Å². The van der Waals surface area contributed by atoms with Crippen molar-refractivity contribution in [2.24, 2.45) is 0 Å². The van der Waals surface area contributed by atoms with E-state index in [4.69, 9.17) is 23.2 Å². The summed E-state index contributed by atoms with van der Waals surface area (Å²) in [5.74, 6) is -0.707. The molecule has 0 spiro atoms. The minimum Gasteiger partial charge on any atom is -0.320 e. The van der Waals surface area contributed by atoms with E-state index in [9.17, 15) is 14.4 Å². The molecule has 0 fully saturated rings. The summed E-state index contributed by atoms with van der Waals surface area (Å²) < 4.78 is 0. The molecule has 2 aromatic rings. The van der Waals surface area contributed by atoms with E-state index in [0.717, 1.165) is 6.20 Å². The first-order chi connectivity index (χ1) is 8.99. The van der Waals surface area contributed by atoms with Crippen molar-refractivity contribution < 1.29 is 4.79 Å². The van der Waals surface area contributed by atoms with Crippen LogP contribution < -0.4 is 16.6 Å². The number of anilines is 1. The molecule has 0 atom stereocenters. The second-order valence-electron chi connectivity index (χ2n) is 3.54. The number of hydrogen-bond acceptors (Lipinski definition) is 3. The molecule has 0 saturated heterocycles. The lowest BCUT2D eigenvalue weighted by Crippen LogP contribution is -2.29. The molecule has 0 aliphatic heterocycles. The number of H-pyrrole nitrogens is 2. The summed E-state index contributed by atoms with van der Waals surface area (Å²) in [5.41, 5.74) is -1.46. The number of rotatable bonds is 2. The van der Waals surface area contributed by atoms with Gasteiger partial charge in [-0.05, 0) is 12.1 Å². The third-order valence-electron chi connectivity index (χ3n) is 2.26. The lowest BCUT2D eigenvalue weighted by Gasteiger charge is -2.07. The maximum absolute atomic E-state index is 11.9. The van der Waals surface area contributed by atoms with Gasteiger partial charge in [0.25, 0.3) is 11.5 Å². The van der Waals surface area contributed by atoms with Crippen LogP contribution in [0.1, 0.15) is 10.4 Å². The maximum atomic E-state index is 11.9. The third kappa shape index (κ3) is 2.86. The van der Waals surface area contributed by atoms with Crippen LogP contribution in [0.25, 0.3) is 0 Å². The predicted molar refractivity (Wildman–Crippen MR) is 72.1 cm³/mol. The van der Waals surface area contributed by atoms with Crippen molar-refractivity contribution in [3.8, 4) is 0 Å². The fourth-order valence-electron chi connectivity index (χ4n) is 1.37. The highest BCUT2D eigenvalue weighted by atomic mass is 35.5. The zero-order valence-electron chi connectivity index (χ0n) is 9.29. The van der Waals surface area contributed by atoms with E-state index in [0.29, 0.717) is 0 Å². The van der Waals surface area contributed by atoms with Crippen LogP contribution in [0.15, 0.2) is 34.0 Å². The van der Waals surface area contributed by atoms with Gasteiger partial charge in [-0.3, -0.25) is 14.6 Å². The summed E-state index contributed by atoms with van der Waals surface area (Å²) in [6.45, 7) is 0. The number of aromatic amines is 2. The quantitative estimate of drug-likeness (QED) is 0.786. The molecule has 0 aliphatic carbocycles. The Bertz CT molecular complexity index is 751. The molecular weight excluding hydrogens is 293 g/mol. The molecule has 0 bridgehead atoms. The van der Waals surface area contributed by atoms with Crippen molar-refractivity contribution in [1.82, 2.24) is 9.97 Å². The molecule has 19 heavy (non-hydrogen) atoms. The van der Waals surface area contributed by atoms with E-state index in [-0.39, 0.29) is 21.3 Å². The van der Waals surface area contributed by atoms with Crippen LogP contribution in [0.4, 0.5) is 5.69 Å². The molecular formula is C11H7Cl2N3O3. The Morgan fingerprint density at radius 2 is 1.95 bits per heavy atom. The second kappa shape index (κ2) is 5.29. The van der Waals surface area contributed by atoms with Crippen LogP contribution in [-0.4, -0.2) is 15.9 Å². The zero-order valence-corrected chi connectivity index (χ0v) is 10.8. The molecule has 0 radical (unpaired) electrons. The van der Waals surface area contributed by atoms with Gasteiger partial charge in [-0.1, -0.05) is 29.3 Å². The summed E-state index contributed by atoms with van der Waals surface area (Å²) in [7, 11) is 0. The van der Waals surface area contributed by atoms with Gasteiger partial charge in [-0.2, -0.15) is 0 Å². The predicted octanol–water partition coefficient (Wildman–Crippen LogP) is 1.62. The first kappa shape index (κ1) is 13.4. The number of amides is 1. The number of carbonyl (C=O) groups is 1. The number of benzene rings is 1. The first-order valence-electron chi connectivity index (χ1n) is 5.06. The minimum absolute atomic E-state index is 0.165. The van der Waals surface area contributed by atoms with Gasteiger partial charge in [-0.15, -0.1) is 0 Å². The summed E-state index contributed by atoms with van der Waals surface area (Å²) >= 11 is 11.7.